The molecule has 0 aromatic carbocycles. The summed E-state index contributed by atoms with van der Waals surface area (Å²) in [6.45, 7) is 3.44. The molecule has 0 radical (unpaired) electrons. The normalized spacial score (nSPS) is 11.5. The van der Waals surface area contributed by atoms with Gasteiger partial charge < -0.3 is 14.8 Å². The van der Waals surface area contributed by atoms with E-state index in [9.17, 15) is 14.9 Å². The van der Waals surface area contributed by atoms with Crippen LogP contribution in [0.2, 0.25) is 0 Å². The largest absolute Gasteiger partial charge is 0.481 e. The maximum absolute atomic E-state index is 11.5. The first-order valence-electron chi connectivity index (χ1n) is 5.62. The van der Waals surface area contributed by atoms with Crippen LogP contribution in [0.1, 0.15) is 13.8 Å². The number of nitrogens with zero attached hydrogens (tertiary/aromatic N) is 2. The number of carbonyl (C=O) groups excluding carboxylic acids is 1. The topological polar surface area (TPSA) is 104 Å². The van der Waals surface area contributed by atoms with E-state index in [4.69, 9.17) is 9.47 Å². The molecule has 0 fully saturated rings. The van der Waals surface area contributed by atoms with E-state index in [1.807, 2.05) is 0 Å². The van der Waals surface area contributed by atoms with Crippen molar-refractivity contribution in [1.82, 2.24) is 4.98 Å². The molecule has 1 heterocycles. The predicted molar refractivity (Wildman–Crippen MR) is 67.2 cm³/mol. The molecule has 104 valence electrons. The summed E-state index contributed by atoms with van der Waals surface area (Å²) < 4.78 is 9.69. The second-order valence-corrected chi connectivity index (χ2v) is 3.60. The van der Waals surface area contributed by atoms with Gasteiger partial charge in [0, 0.05) is 12.1 Å². The smallest absolute Gasteiger partial charge is 0.328 e. The van der Waals surface area contributed by atoms with Crippen LogP contribution in [-0.4, -0.2) is 35.6 Å². The summed E-state index contributed by atoms with van der Waals surface area (Å²) in [5.41, 5.74) is -0.239. The summed E-state index contributed by atoms with van der Waals surface area (Å²) >= 11 is 0. The van der Waals surface area contributed by atoms with E-state index in [2.05, 4.69) is 10.3 Å². The molecule has 0 saturated heterocycles. The molecule has 0 saturated carbocycles. The van der Waals surface area contributed by atoms with Gasteiger partial charge in [-0.25, -0.2) is 4.79 Å². The number of carbonyl (C=O) groups is 1. The first kappa shape index (κ1) is 14.7. The zero-order valence-corrected chi connectivity index (χ0v) is 10.9. The fourth-order valence-electron chi connectivity index (χ4n) is 1.33. The predicted octanol–water partition coefficient (Wildman–Crippen LogP) is 1.36. The number of esters is 1. The Balaban J connectivity index is 2.97. The Bertz CT molecular complexity index is 477. The number of hydrogen-bond acceptors (Lipinski definition) is 7. The second-order valence-electron chi connectivity index (χ2n) is 3.60. The van der Waals surface area contributed by atoms with Gasteiger partial charge in [0.1, 0.15) is 6.04 Å². The molecule has 1 rings (SSSR count). The Morgan fingerprint density at radius 3 is 2.79 bits per heavy atom. The van der Waals surface area contributed by atoms with Gasteiger partial charge in [-0.2, -0.15) is 4.98 Å². The number of aromatic nitrogens is 1. The van der Waals surface area contributed by atoms with E-state index in [1.54, 1.807) is 6.92 Å². The Kier molecular flexibility index (Phi) is 5.04. The first-order valence-corrected chi connectivity index (χ1v) is 5.62. The van der Waals surface area contributed by atoms with Gasteiger partial charge in [-0.05, 0) is 13.8 Å². The van der Waals surface area contributed by atoms with Crippen LogP contribution in [0.3, 0.4) is 0 Å². The van der Waals surface area contributed by atoms with Crippen molar-refractivity contribution >= 4 is 17.5 Å². The maximum atomic E-state index is 11.5. The van der Waals surface area contributed by atoms with Crippen molar-refractivity contribution in [2.75, 3.05) is 19.0 Å². The maximum Gasteiger partial charge on any atom is 0.328 e. The van der Waals surface area contributed by atoms with Gasteiger partial charge in [-0.1, -0.05) is 0 Å². The van der Waals surface area contributed by atoms with Crippen molar-refractivity contribution in [2.45, 2.75) is 19.9 Å². The van der Waals surface area contributed by atoms with Crippen LogP contribution in [0.4, 0.5) is 11.5 Å². The number of ether oxygens (including phenoxy) is 2. The summed E-state index contributed by atoms with van der Waals surface area (Å²) in [5, 5.41) is 13.5. The molecule has 1 aromatic rings. The van der Waals surface area contributed by atoms with E-state index in [0.717, 1.165) is 0 Å². The molecule has 0 aliphatic heterocycles. The van der Waals surface area contributed by atoms with E-state index in [0.29, 0.717) is 0 Å². The third-order valence-electron chi connectivity index (χ3n) is 2.25. The van der Waals surface area contributed by atoms with Crippen LogP contribution in [0.15, 0.2) is 12.1 Å². The minimum atomic E-state index is -0.752. The highest BCUT2D eigenvalue weighted by molar-refractivity contribution is 5.79. The highest BCUT2D eigenvalue weighted by atomic mass is 16.6. The van der Waals surface area contributed by atoms with Crippen molar-refractivity contribution in [3.05, 3.63) is 22.2 Å². The van der Waals surface area contributed by atoms with Crippen LogP contribution in [0.25, 0.3) is 0 Å². The van der Waals surface area contributed by atoms with Crippen LogP contribution in [-0.2, 0) is 9.53 Å². The lowest BCUT2D eigenvalue weighted by atomic mass is 10.3. The van der Waals surface area contributed by atoms with Gasteiger partial charge >= 0.3 is 11.7 Å². The number of methoxy groups -OCH3 is 1. The van der Waals surface area contributed by atoms with E-state index >= 15 is 0 Å². The van der Waals surface area contributed by atoms with Gasteiger partial charge in [0.2, 0.25) is 11.7 Å². The molecule has 8 heteroatoms. The summed E-state index contributed by atoms with van der Waals surface area (Å²) in [6, 6.07) is 1.88. The van der Waals surface area contributed by atoms with E-state index in [1.165, 1.54) is 26.2 Å². The summed E-state index contributed by atoms with van der Waals surface area (Å²) in [6.07, 6.45) is 0. The molecular formula is C11H15N3O5. The molecule has 0 amide bonds. The number of nitrogens with one attached hydrogen (secondary N) is 1. The average molecular weight is 269 g/mol. The van der Waals surface area contributed by atoms with Crippen molar-refractivity contribution in [2.24, 2.45) is 0 Å². The highest BCUT2D eigenvalue weighted by Crippen LogP contribution is 2.25. The van der Waals surface area contributed by atoms with Crippen molar-refractivity contribution < 1.29 is 19.2 Å². The lowest BCUT2D eigenvalue weighted by Gasteiger charge is -2.13. The molecule has 0 aliphatic rings. The van der Waals surface area contributed by atoms with Crippen LogP contribution in [0.5, 0.6) is 5.88 Å². The summed E-state index contributed by atoms with van der Waals surface area (Å²) in [4.78, 5) is 25.7. The van der Waals surface area contributed by atoms with Crippen molar-refractivity contribution in [3.8, 4) is 5.88 Å². The molecule has 1 atom stereocenters. The molecule has 1 aromatic heterocycles. The Hall–Kier alpha value is -2.38. The number of nitro groups is 1. The van der Waals surface area contributed by atoms with Gasteiger partial charge in [-0.3, -0.25) is 10.1 Å². The standard InChI is InChI=1S/C11H15N3O5/c1-4-19-11(15)7(2)12-10-8(14(16)17)5-6-9(13-10)18-3/h5-7H,4H2,1-3H3,(H,12,13). The van der Waals surface area contributed by atoms with E-state index in [-0.39, 0.29) is 24.0 Å². The molecule has 0 spiro atoms. The summed E-state index contributed by atoms with van der Waals surface area (Å²) in [7, 11) is 1.40. The SMILES string of the molecule is CCOC(=O)C(C)Nc1nc(OC)ccc1[N+](=O)[O-]. The number of rotatable bonds is 6. The molecule has 0 aliphatic carbocycles. The van der Waals surface area contributed by atoms with Gasteiger partial charge in [-0.15, -0.1) is 0 Å². The molecular weight excluding hydrogens is 254 g/mol. The molecule has 1 N–H and O–H groups in total. The first-order chi connectivity index (χ1) is 8.99. The van der Waals surface area contributed by atoms with Crippen LogP contribution in [0, 0.1) is 10.1 Å². The lowest BCUT2D eigenvalue weighted by molar-refractivity contribution is -0.384. The van der Waals surface area contributed by atoms with Crippen LogP contribution < -0.4 is 10.1 Å². The minimum Gasteiger partial charge on any atom is -0.481 e. The Labute approximate surface area is 109 Å². The molecule has 19 heavy (non-hydrogen) atoms. The monoisotopic (exact) mass is 269 g/mol. The average Bonchev–Trinajstić information content (AvgIpc) is 2.38. The highest BCUT2D eigenvalue weighted by Gasteiger charge is 2.21. The second kappa shape index (κ2) is 6.53. The van der Waals surface area contributed by atoms with Crippen LogP contribution >= 0.6 is 0 Å². The third-order valence-corrected chi connectivity index (χ3v) is 2.25. The zero-order chi connectivity index (χ0) is 14.4. The van der Waals surface area contributed by atoms with Crippen molar-refractivity contribution in [1.29, 1.82) is 0 Å². The lowest BCUT2D eigenvalue weighted by Crippen LogP contribution is -2.29. The number of anilines is 1. The third kappa shape index (κ3) is 3.80. The fourth-order valence-corrected chi connectivity index (χ4v) is 1.33. The quantitative estimate of drug-likeness (QED) is 0.472. The number of pyridine rings is 1. The molecule has 1 unspecified atom stereocenters. The van der Waals surface area contributed by atoms with Gasteiger partial charge in [0.25, 0.3) is 0 Å². The summed E-state index contributed by atoms with van der Waals surface area (Å²) in [5.74, 6) is -0.338. The minimum absolute atomic E-state index is 0.0371. The molecule has 0 bridgehead atoms. The van der Waals surface area contributed by atoms with E-state index < -0.39 is 16.9 Å². The van der Waals surface area contributed by atoms with Crippen molar-refractivity contribution in [3.63, 3.8) is 0 Å². The zero-order valence-electron chi connectivity index (χ0n) is 10.9. The molecule has 8 nitrogen and oxygen atoms in total. The van der Waals surface area contributed by atoms with Gasteiger partial charge in [0.05, 0.1) is 18.6 Å². The van der Waals surface area contributed by atoms with Gasteiger partial charge in [0.15, 0.2) is 0 Å². The fraction of sp³-hybridized carbons (Fsp3) is 0.455. The Morgan fingerprint density at radius 2 is 2.26 bits per heavy atom. The Morgan fingerprint density at radius 1 is 1.58 bits per heavy atom. The number of hydrogen-bond donors (Lipinski definition) is 1.